The number of hydrogen-bond donors (Lipinski definition) is 5. The van der Waals surface area contributed by atoms with Crippen molar-refractivity contribution in [2.45, 2.75) is 26.0 Å². The second-order valence-corrected chi connectivity index (χ2v) is 6.35. The van der Waals surface area contributed by atoms with Crippen LogP contribution in [0.5, 0.6) is 11.5 Å². The zero-order chi connectivity index (χ0) is 20.7. The van der Waals surface area contributed by atoms with E-state index in [1.165, 1.54) is 0 Å². The Kier molecular flexibility index (Phi) is 7.22. The maximum Gasteiger partial charge on any atom is 0.330 e. The number of ether oxygens (including phenoxy) is 2. The fourth-order valence-corrected chi connectivity index (χ4v) is 2.52. The maximum absolute atomic E-state index is 11.8. The van der Waals surface area contributed by atoms with Gasteiger partial charge in [0.1, 0.15) is 12.4 Å². The molecule has 2 aromatic rings. The molecule has 0 aromatic heterocycles. The summed E-state index contributed by atoms with van der Waals surface area (Å²) in [5.74, 6) is -0.295. The minimum absolute atomic E-state index is 0.0623. The van der Waals surface area contributed by atoms with E-state index in [9.17, 15) is 9.90 Å². The molecule has 0 saturated heterocycles. The third kappa shape index (κ3) is 5.62. The number of nitrogen functional groups attached to an aromatic ring is 1. The first-order valence-corrected chi connectivity index (χ1v) is 8.80. The summed E-state index contributed by atoms with van der Waals surface area (Å²) in [4.78, 5) is 11.8. The first-order valence-electron chi connectivity index (χ1n) is 8.80. The van der Waals surface area contributed by atoms with Crippen LogP contribution in [-0.2, 0) is 4.79 Å². The second kappa shape index (κ2) is 9.61. The Balaban J connectivity index is 2.31. The fraction of sp³-hybridized carbons (Fsp3) is 0.300. The quantitative estimate of drug-likeness (QED) is 0.312. The molecule has 28 heavy (non-hydrogen) atoms. The summed E-state index contributed by atoms with van der Waals surface area (Å²) in [5, 5.41) is 29.1. The van der Waals surface area contributed by atoms with Gasteiger partial charge in [-0.05, 0) is 55.8 Å². The van der Waals surface area contributed by atoms with Crippen molar-refractivity contribution < 1.29 is 24.5 Å². The van der Waals surface area contributed by atoms with Gasteiger partial charge < -0.3 is 30.7 Å². The summed E-state index contributed by atoms with van der Waals surface area (Å²) < 4.78 is 11.2. The number of anilines is 1. The smallest absolute Gasteiger partial charge is 0.330 e. The molecular weight excluding hydrogens is 362 g/mol. The second-order valence-electron chi connectivity index (χ2n) is 6.35. The number of carboxylic acids is 1. The highest BCUT2D eigenvalue weighted by molar-refractivity contribution is 5.95. The fourth-order valence-electron chi connectivity index (χ4n) is 2.52. The maximum atomic E-state index is 11.8. The molecule has 8 nitrogen and oxygen atoms in total. The monoisotopic (exact) mass is 387 g/mol. The van der Waals surface area contributed by atoms with E-state index in [0.29, 0.717) is 28.3 Å². The van der Waals surface area contributed by atoms with Crippen LogP contribution in [0.15, 0.2) is 42.5 Å². The Labute approximate surface area is 163 Å². The Hall–Kier alpha value is -3.26. The van der Waals surface area contributed by atoms with E-state index in [-0.39, 0.29) is 25.2 Å². The minimum Gasteiger partial charge on any atom is -0.487 e. The molecule has 0 saturated carbocycles. The SMILES string of the molecule is CC(C)Oc1ccc(C(Nc2ccc(C(=N)N)cc2)C(=O)O)cc1OCCO. The Morgan fingerprint density at radius 2 is 1.86 bits per heavy atom. The number of hydrogen-bond acceptors (Lipinski definition) is 6. The summed E-state index contributed by atoms with van der Waals surface area (Å²) in [5.41, 5.74) is 7.02. The minimum atomic E-state index is -1.07. The van der Waals surface area contributed by atoms with E-state index in [1.807, 2.05) is 13.8 Å². The predicted molar refractivity (Wildman–Crippen MR) is 106 cm³/mol. The van der Waals surface area contributed by atoms with Crippen LogP contribution in [0.25, 0.3) is 0 Å². The normalized spacial score (nSPS) is 11.7. The molecule has 1 unspecified atom stereocenters. The molecule has 0 aliphatic heterocycles. The van der Waals surface area contributed by atoms with Crippen LogP contribution in [0, 0.1) is 5.41 Å². The van der Waals surface area contributed by atoms with Crippen LogP contribution < -0.4 is 20.5 Å². The van der Waals surface area contributed by atoms with Crippen LogP contribution in [0.4, 0.5) is 5.69 Å². The number of aliphatic hydroxyl groups excluding tert-OH is 1. The highest BCUT2D eigenvalue weighted by atomic mass is 16.5. The molecule has 0 aliphatic carbocycles. The van der Waals surface area contributed by atoms with E-state index in [4.69, 9.17) is 25.7 Å². The van der Waals surface area contributed by atoms with Gasteiger partial charge in [0.25, 0.3) is 0 Å². The molecular formula is C20H25N3O5. The number of aliphatic carboxylic acids is 1. The van der Waals surface area contributed by atoms with Crippen molar-refractivity contribution in [3.63, 3.8) is 0 Å². The van der Waals surface area contributed by atoms with Crippen molar-refractivity contribution in [1.82, 2.24) is 0 Å². The average molecular weight is 387 g/mol. The Morgan fingerprint density at radius 1 is 1.18 bits per heavy atom. The van der Waals surface area contributed by atoms with Crippen molar-refractivity contribution in [1.29, 1.82) is 5.41 Å². The van der Waals surface area contributed by atoms with Gasteiger partial charge in [-0.3, -0.25) is 5.41 Å². The molecule has 6 N–H and O–H groups in total. The van der Waals surface area contributed by atoms with Gasteiger partial charge in [-0.2, -0.15) is 0 Å². The van der Waals surface area contributed by atoms with Crippen molar-refractivity contribution in [2.24, 2.45) is 5.73 Å². The van der Waals surface area contributed by atoms with Crippen molar-refractivity contribution in [3.05, 3.63) is 53.6 Å². The third-order valence-corrected chi connectivity index (χ3v) is 3.77. The topological polar surface area (TPSA) is 138 Å². The molecule has 0 spiro atoms. The van der Waals surface area contributed by atoms with E-state index >= 15 is 0 Å². The van der Waals surface area contributed by atoms with Crippen LogP contribution in [-0.4, -0.2) is 41.3 Å². The Bertz CT molecular complexity index is 821. The molecule has 150 valence electrons. The molecule has 0 radical (unpaired) electrons. The van der Waals surface area contributed by atoms with Crippen LogP contribution in [0.1, 0.15) is 31.0 Å². The number of aliphatic hydroxyl groups is 1. The summed E-state index contributed by atoms with van der Waals surface area (Å²) in [6.45, 7) is 3.64. The highest BCUT2D eigenvalue weighted by Gasteiger charge is 2.22. The van der Waals surface area contributed by atoms with Crippen LogP contribution in [0.3, 0.4) is 0 Å². The summed E-state index contributed by atoms with van der Waals surface area (Å²) >= 11 is 0. The summed E-state index contributed by atoms with van der Waals surface area (Å²) in [6, 6.07) is 10.4. The van der Waals surface area contributed by atoms with E-state index in [1.54, 1.807) is 42.5 Å². The molecule has 2 rings (SSSR count). The standard InChI is InChI=1S/C20H25N3O5/c1-12(2)28-16-8-5-14(11-17(16)27-10-9-24)18(20(25)26)23-15-6-3-13(4-7-15)19(21)22/h3-8,11-12,18,23-24H,9-10H2,1-2H3,(H3,21,22)(H,25,26). The average Bonchev–Trinajstić information content (AvgIpc) is 2.65. The highest BCUT2D eigenvalue weighted by Crippen LogP contribution is 2.32. The number of rotatable bonds is 10. The van der Waals surface area contributed by atoms with E-state index in [0.717, 1.165) is 0 Å². The number of carboxylic acid groups (broad SMARTS) is 1. The van der Waals surface area contributed by atoms with Crippen molar-refractivity contribution >= 4 is 17.5 Å². The van der Waals surface area contributed by atoms with Gasteiger partial charge in [-0.15, -0.1) is 0 Å². The largest absolute Gasteiger partial charge is 0.487 e. The Morgan fingerprint density at radius 3 is 2.39 bits per heavy atom. The lowest BCUT2D eigenvalue weighted by Gasteiger charge is -2.20. The number of nitrogens with two attached hydrogens (primary N) is 1. The van der Waals surface area contributed by atoms with Gasteiger partial charge in [0.15, 0.2) is 17.5 Å². The van der Waals surface area contributed by atoms with Gasteiger partial charge in [0.05, 0.1) is 12.7 Å². The first-order chi connectivity index (χ1) is 13.3. The number of benzene rings is 2. The van der Waals surface area contributed by atoms with Gasteiger partial charge in [0.2, 0.25) is 0 Å². The summed E-state index contributed by atoms with van der Waals surface area (Å²) in [7, 11) is 0. The lowest BCUT2D eigenvalue weighted by molar-refractivity contribution is -0.138. The third-order valence-electron chi connectivity index (χ3n) is 3.77. The van der Waals surface area contributed by atoms with Gasteiger partial charge in [0, 0.05) is 11.3 Å². The zero-order valence-corrected chi connectivity index (χ0v) is 15.8. The van der Waals surface area contributed by atoms with Crippen LogP contribution >= 0.6 is 0 Å². The lowest BCUT2D eigenvalue weighted by Crippen LogP contribution is -2.21. The molecule has 8 heteroatoms. The van der Waals surface area contributed by atoms with Gasteiger partial charge in [-0.25, -0.2) is 4.79 Å². The van der Waals surface area contributed by atoms with E-state index < -0.39 is 12.0 Å². The molecule has 0 bridgehead atoms. The van der Waals surface area contributed by atoms with Gasteiger partial charge in [-0.1, -0.05) is 6.07 Å². The molecule has 0 fully saturated rings. The van der Waals surface area contributed by atoms with Gasteiger partial charge >= 0.3 is 5.97 Å². The van der Waals surface area contributed by atoms with Crippen molar-refractivity contribution in [2.75, 3.05) is 18.5 Å². The predicted octanol–water partition coefficient (Wildman–Crippen LogP) is 2.37. The summed E-state index contributed by atoms with van der Waals surface area (Å²) in [6.07, 6.45) is -0.0875. The van der Waals surface area contributed by atoms with E-state index in [2.05, 4.69) is 5.32 Å². The molecule has 0 aliphatic rings. The lowest BCUT2D eigenvalue weighted by atomic mass is 10.1. The molecule has 0 heterocycles. The molecule has 1 atom stereocenters. The number of amidine groups is 1. The zero-order valence-electron chi connectivity index (χ0n) is 15.8. The number of nitrogens with one attached hydrogen (secondary N) is 2. The molecule has 0 amide bonds. The first kappa shape index (κ1) is 21.0. The molecule has 2 aromatic carbocycles. The van der Waals surface area contributed by atoms with Crippen molar-refractivity contribution in [3.8, 4) is 11.5 Å². The van der Waals surface area contributed by atoms with Crippen LogP contribution in [0.2, 0.25) is 0 Å². The number of carbonyl (C=O) groups is 1.